The molecule has 0 bridgehead atoms. The molecule has 5 rings (SSSR count). The summed E-state index contributed by atoms with van der Waals surface area (Å²) in [6.07, 6.45) is 9.60. The Morgan fingerprint density at radius 3 is 2.00 bits per heavy atom. The van der Waals surface area contributed by atoms with Crippen LogP contribution >= 0.6 is 12.4 Å². The van der Waals surface area contributed by atoms with E-state index in [1.54, 1.807) is 14.2 Å². The number of nitrogens with one attached hydrogen (secondary N) is 1. The van der Waals surface area contributed by atoms with Gasteiger partial charge in [-0.3, -0.25) is 0 Å². The molecule has 0 spiro atoms. The van der Waals surface area contributed by atoms with Gasteiger partial charge in [-0.1, -0.05) is 24.3 Å². The van der Waals surface area contributed by atoms with Crippen LogP contribution in [0.3, 0.4) is 0 Å². The quantitative estimate of drug-likeness (QED) is 0.713. The molecule has 3 aliphatic carbocycles. The molecule has 0 saturated heterocycles. The predicted octanol–water partition coefficient (Wildman–Crippen LogP) is 4.49. The maximum Gasteiger partial charge on any atom is 0.122 e. The van der Waals surface area contributed by atoms with Crippen LogP contribution in [0.1, 0.15) is 47.9 Å². The molecular formula is C26H37ClN2O2. The summed E-state index contributed by atoms with van der Waals surface area (Å²) in [4.78, 5) is 0. The number of aryl methyl sites for hydroxylation is 2. The van der Waals surface area contributed by atoms with Crippen molar-refractivity contribution in [3.63, 3.8) is 0 Å². The van der Waals surface area contributed by atoms with Gasteiger partial charge >= 0.3 is 0 Å². The summed E-state index contributed by atoms with van der Waals surface area (Å²) in [5.41, 5.74) is 11.5. The van der Waals surface area contributed by atoms with E-state index in [-0.39, 0.29) is 12.4 Å². The minimum Gasteiger partial charge on any atom is -0.496 e. The van der Waals surface area contributed by atoms with Gasteiger partial charge in [-0.25, -0.2) is 0 Å². The zero-order chi connectivity index (χ0) is 20.9. The molecule has 0 radical (unpaired) electrons. The van der Waals surface area contributed by atoms with Crippen molar-refractivity contribution in [2.45, 2.75) is 63.5 Å². The van der Waals surface area contributed by atoms with Crippen molar-refractivity contribution in [2.24, 2.45) is 11.7 Å². The fourth-order valence-electron chi connectivity index (χ4n) is 4.75. The largest absolute Gasteiger partial charge is 0.496 e. The van der Waals surface area contributed by atoms with E-state index in [1.165, 1.54) is 54.5 Å². The van der Waals surface area contributed by atoms with Gasteiger partial charge in [0.25, 0.3) is 0 Å². The molecule has 2 atom stereocenters. The first-order valence-electron chi connectivity index (χ1n) is 11.5. The molecular weight excluding hydrogens is 408 g/mol. The van der Waals surface area contributed by atoms with E-state index in [2.05, 4.69) is 35.6 Å². The smallest absolute Gasteiger partial charge is 0.122 e. The summed E-state index contributed by atoms with van der Waals surface area (Å²) < 4.78 is 10.8. The Morgan fingerprint density at radius 1 is 0.839 bits per heavy atom. The highest BCUT2D eigenvalue weighted by atomic mass is 35.5. The number of ether oxygens (including phenoxy) is 2. The van der Waals surface area contributed by atoms with Crippen molar-refractivity contribution >= 4 is 12.4 Å². The van der Waals surface area contributed by atoms with Crippen molar-refractivity contribution in [1.82, 2.24) is 5.32 Å². The Morgan fingerprint density at radius 2 is 1.42 bits per heavy atom. The second-order valence-corrected chi connectivity index (χ2v) is 8.99. The van der Waals surface area contributed by atoms with Crippen molar-refractivity contribution in [3.8, 4) is 11.5 Å². The Labute approximate surface area is 193 Å². The van der Waals surface area contributed by atoms with Crippen LogP contribution in [-0.2, 0) is 25.7 Å². The summed E-state index contributed by atoms with van der Waals surface area (Å²) in [6.45, 7) is 1.22. The van der Waals surface area contributed by atoms with E-state index in [1.807, 2.05) is 6.07 Å². The van der Waals surface area contributed by atoms with Gasteiger partial charge in [-0.2, -0.15) is 0 Å². The van der Waals surface area contributed by atoms with Gasteiger partial charge in [0, 0.05) is 12.1 Å². The highest BCUT2D eigenvalue weighted by Gasteiger charge is 2.25. The number of hydrogen-bond donors (Lipinski definition) is 2. The SMILES string of the molecule is COc1cccc2c1CC(N)CC2.COc1cccc2c1CC(NCC1CC1)CC2.Cl. The topological polar surface area (TPSA) is 56.5 Å². The van der Waals surface area contributed by atoms with E-state index in [0.717, 1.165) is 43.1 Å². The number of benzene rings is 2. The van der Waals surface area contributed by atoms with E-state index in [4.69, 9.17) is 15.2 Å². The fraction of sp³-hybridized carbons (Fsp3) is 0.538. The lowest BCUT2D eigenvalue weighted by molar-refractivity contribution is 0.392. The van der Waals surface area contributed by atoms with Crippen LogP contribution in [0.4, 0.5) is 0 Å². The number of rotatable bonds is 5. The minimum absolute atomic E-state index is 0. The van der Waals surface area contributed by atoms with Crippen LogP contribution in [0, 0.1) is 5.92 Å². The van der Waals surface area contributed by atoms with E-state index in [9.17, 15) is 0 Å². The average Bonchev–Trinajstić information content (AvgIpc) is 3.61. The van der Waals surface area contributed by atoms with Crippen molar-refractivity contribution in [1.29, 1.82) is 0 Å². The number of methoxy groups -OCH3 is 2. The molecule has 3 N–H and O–H groups in total. The molecule has 5 heteroatoms. The molecule has 170 valence electrons. The third kappa shape index (κ3) is 6.15. The maximum atomic E-state index is 5.92. The minimum atomic E-state index is 0. The van der Waals surface area contributed by atoms with Gasteiger partial charge in [-0.05, 0) is 98.2 Å². The number of nitrogens with two attached hydrogens (primary N) is 1. The number of fused-ring (bicyclic) bond motifs is 2. The Hall–Kier alpha value is -1.75. The van der Waals surface area contributed by atoms with Gasteiger partial charge in [0.05, 0.1) is 14.2 Å². The lowest BCUT2D eigenvalue weighted by Gasteiger charge is -2.27. The molecule has 1 saturated carbocycles. The second-order valence-electron chi connectivity index (χ2n) is 8.99. The van der Waals surface area contributed by atoms with Gasteiger partial charge in [-0.15, -0.1) is 12.4 Å². The van der Waals surface area contributed by atoms with Crippen LogP contribution in [0.5, 0.6) is 11.5 Å². The Bertz CT molecular complexity index is 825. The van der Waals surface area contributed by atoms with Crippen LogP contribution in [0.15, 0.2) is 36.4 Å². The Kier molecular flexibility index (Phi) is 8.65. The van der Waals surface area contributed by atoms with E-state index >= 15 is 0 Å². The van der Waals surface area contributed by atoms with Crippen LogP contribution < -0.4 is 20.5 Å². The summed E-state index contributed by atoms with van der Waals surface area (Å²) in [5.74, 6) is 3.03. The number of hydrogen-bond acceptors (Lipinski definition) is 4. The standard InChI is InChI=1S/C15H21NO.C11H15NO.ClH/c1-17-15-4-2-3-12-7-8-13(9-14(12)15)16-10-11-5-6-11;1-13-11-4-2-3-8-5-6-9(12)7-10(8)11;/h2-4,11,13,16H,5-10H2,1H3;2-4,9H,5-7,12H2,1H3;1H. The lowest BCUT2D eigenvalue weighted by Crippen LogP contribution is -2.35. The first-order valence-corrected chi connectivity index (χ1v) is 11.5. The molecule has 2 aromatic rings. The lowest BCUT2D eigenvalue weighted by atomic mass is 9.87. The van der Waals surface area contributed by atoms with Gasteiger partial charge in [0.2, 0.25) is 0 Å². The first-order chi connectivity index (χ1) is 14.7. The molecule has 3 aliphatic rings. The summed E-state index contributed by atoms with van der Waals surface area (Å²) in [5, 5.41) is 3.72. The monoisotopic (exact) mass is 444 g/mol. The van der Waals surface area contributed by atoms with Crippen molar-refractivity contribution in [3.05, 3.63) is 58.7 Å². The molecule has 0 aromatic heterocycles. The van der Waals surface area contributed by atoms with Gasteiger partial charge < -0.3 is 20.5 Å². The number of halogens is 1. The molecule has 0 amide bonds. The summed E-state index contributed by atoms with van der Waals surface area (Å²) in [7, 11) is 3.49. The highest BCUT2D eigenvalue weighted by Crippen LogP contribution is 2.31. The molecule has 0 heterocycles. The second kappa shape index (κ2) is 11.2. The summed E-state index contributed by atoms with van der Waals surface area (Å²) >= 11 is 0. The van der Waals surface area contributed by atoms with Crippen LogP contribution in [0.2, 0.25) is 0 Å². The van der Waals surface area contributed by atoms with E-state index in [0.29, 0.717) is 12.1 Å². The fourth-order valence-corrected chi connectivity index (χ4v) is 4.75. The van der Waals surface area contributed by atoms with Crippen LogP contribution in [-0.4, -0.2) is 32.8 Å². The first kappa shape index (κ1) is 23.9. The van der Waals surface area contributed by atoms with Gasteiger partial charge in [0.1, 0.15) is 11.5 Å². The molecule has 2 aromatic carbocycles. The average molecular weight is 445 g/mol. The summed E-state index contributed by atoms with van der Waals surface area (Å²) in [6, 6.07) is 13.6. The van der Waals surface area contributed by atoms with Gasteiger partial charge in [0.15, 0.2) is 0 Å². The van der Waals surface area contributed by atoms with Crippen molar-refractivity contribution in [2.75, 3.05) is 20.8 Å². The van der Waals surface area contributed by atoms with Crippen molar-refractivity contribution < 1.29 is 9.47 Å². The zero-order valence-corrected chi connectivity index (χ0v) is 19.7. The molecule has 2 unspecified atom stereocenters. The third-order valence-electron chi connectivity index (χ3n) is 6.76. The zero-order valence-electron chi connectivity index (χ0n) is 18.9. The van der Waals surface area contributed by atoms with Crippen LogP contribution in [0.25, 0.3) is 0 Å². The third-order valence-corrected chi connectivity index (χ3v) is 6.76. The molecule has 1 fully saturated rings. The molecule has 0 aliphatic heterocycles. The normalized spacial score (nSPS) is 21.5. The van der Waals surface area contributed by atoms with E-state index < -0.39 is 0 Å². The maximum absolute atomic E-state index is 5.92. The Balaban J connectivity index is 0.000000176. The highest BCUT2D eigenvalue weighted by molar-refractivity contribution is 5.85. The predicted molar refractivity (Wildman–Crippen MR) is 130 cm³/mol. The molecule has 31 heavy (non-hydrogen) atoms. The molecule has 4 nitrogen and oxygen atoms in total.